The lowest BCUT2D eigenvalue weighted by Crippen LogP contribution is -2.14. The topological polar surface area (TPSA) is 30.0 Å². The molecule has 0 bridgehead atoms. The minimum absolute atomic E-state index is 0.0486. The monoisotopic (exact) mass is 367 g/mol. The summed E-state index contributed by atoms with van der Waals surface area (Å²) in [5.41, 5.74) is 4.51. The molecule has 0 radical (unpaired) electrons. The summed E-state index contributed by atoms with van der Waals surface area (Å²) >= 11 is 3.36. The van der Waals surface area contributed by atoms with E-state index >= 15 is 0 Å². The first-order chi connectivity index (χ1) is 12.1. The van der Waals surface area contributed by atoms with Crippen LogP contribution in [0.4, 0.5) is 0 Å². The van der Waals surface area contributed by atoms with Gasteiger partial charge in [0.2, 0.25) is 0 Å². The summed E-state index contributed by atoms with van der Waals surface area (Å²) in [5, 5.41) is 5.27. The van der Waals surface area contributed by atoms with Gasteiger partial charge in [0.15, 0.2) is 0 Å². The van der Waals surface area contributed by atoms with Gasteiger partial charge in [0.05, 0.1) is 10.7 Å². The molecule has 0 fully saturated rings. The van der Waals surface area contributed by atoms with Gasteiger partial charge in [-0.05, 0) is 41.1 Å². The number of hydrogen-bond acceptors (Lipinski definition) is 4. The van der Waals surface area contributed by atoms with E-state index in [1.807, 2.05) is 25.1 Å². The number of benzene rings is 1. The van der Waals surface area contributed by atoms with Gasteiger partial charge in [0, 0.05) is 28.5 Å². The highest BCUT2D eigenvalue weighted by atomic mass is 32.1. The first kappa shape index (κ1) is 17.8. The second-order valence-electron chi connectivity index (χ2n) is 6.22. The molecule has 0 aliphatic heterocycles. The number of rotatable bonds is 7. The largest absolute Gasteiger partial charge is 0.303 e. The Labute approximate surface area is 156 Å². The Morgan fingerprint density at radius 3 is 2.72 bits per heavy atom. The Kier molecular flexibility index (Phi) is 5.61. The highest BCUT2D eigenvalue weighted by molar-refractivity contribution is 7.10. The molecule has 3 aromatic rings. The number of aryl methyl sites for hydroxylation is 1. The van der Waals surface area contributed by atoms with Crippen molar-refractivity contribution in [3.05, 3.63) is 68.8 Å². The highest BCUT2D eigenvalue weighted by Gasteiger charge is 2.21. The summed E-state index contributed by atoms with van der Waals surface area (Å²) in [4.78, 5) is 17.4. The zero-order chi connectivity index (χ0) is 17.8. The van der Waals surface area contributed by atoms with Crippen LogP contribution in [-0.2, 0) is 11.2 Å². The van der Waals surface area contributed by atoms with E-state index in [9.17, 15) is 4.79 Å². The molecular formula is C21H21NOS2. The maximum absolute atomic E-state index is 11.7. The second-order valence-corrected chi connectivity index (χ2v) is 8.22. The van der Waals surface area contributed by atoms with Crippen LogP contribution >= 0.6 is 22.7 Å². The number of thiophene rings is 1. The van der Waals surface area contributed by atoms with Crippen LogP contribution in [0.2, 0.25) is 0 Å². The molecule has 1 aromatic carbocycles. The first-order valence-electron chi connectivity index (χ1n) is 8.28. The molecule has 2 heterocycles. The van der Waals surface area contributed by atoms with Crippen LogP contribution < -0.4 is 0 Å². The zero-order valence-electron chi connectivity index (χ0n) is 14.4. The lowest BCUT2D eigenvalue weighted by Gasteiger charge is -2.16. The normalized spacial score (nSPS) is 13.4. The van der Waals surface area contributed by atoms with Crippen LogP contribution in [0.3, 0.4) is 0 Å². The van der Waals surface area contributed by atoms with Crippen molar-refractivity contribution in [2.45, 2.75) is 26.2 Å². The summed E-state index contributed by atoms with van der Waals surface area (Å²) in [6, 6.07) is 10.6. The fourth-order valence-corrected chi connectivity index (χ4v) is 4.56. The average molecular weight is 368 g/mol. The lowest BCUT2D eigenvalue weighted by atomic mass is 9.89. The maximum atomic E-state index is 11.7. The highest BCUT2D eigenvalue weighted by Crippen LogP contribution is 2.34. The van der Waals surface area contributed by atoms with E-state index in [2.05, 4.69) is 47.4 Å². The van der Waals surface area contributed by atoms with Crippen molar-refractivity contribution in [2.75, 3.05) is 0 Å². The van der Waals surface area contributed by atoms with Crippen molar-refractivity contribution >= 4 is 35.0 Å². The molecule has 2 aromatic heterocycles. The predicted octanol–water partition coefficient (Wildman–Crippen LogP) is 5.98. The molecule has 3 rings (SSSR count). The first-order valence-corrected chi connectivity index (χ1v) is 10.0. The molecule has 2 atom stereocenters. The lowest BCUT2D eigenvalue weighted by molar-refractivity contribution is -0.111. The van der Waals surface area contributed by atoms with Crippen LogP contribution in [0.25, 0.3) is 17.2 Å². The van der Waals surface area contributed by atoms with Gasteiger partial charge in [0.25, 0.3) is 0 Å². The Hall–Kier alpha value is -2.04. The van der Waals surface area contributed by atoms with Gasteiger partial charge >= 0.3 is 0 Å². The van der Waals surface area contributed by atoms with Gasteiger partial charge in [-0.1, -0.05) is 37.8 Å². The molecule has 25 heavy (non-hydrogen) atoms. The van der Waals surface area contributed by atoms with E-state index in [0.29, 0.717) is 6.42 Å². The minimum atomic E-state index is -0.0486. The summed E-state index contributed by atoms with van der Waals surface area (Å²) in [6.07, 6.45) is 3.64. The molecule has 2 unspecified atom stereocenters. The van der Waals surface area contributed by atoms with Crippen molar-refractivity contribution in [3.63, 3.8) is 0 Å². The Morgan fingerprint density at radius 2 is 2.04 bits per heavy atom. The van der Waals surface area contributed by atoms with Crippen LogP contribution in [0.1, 0.15) is 34.0 Å². The number of hydrogen-bond donors (Lipinski definition) is 0. The molecule has 4 heteroatoms. The molecule has 0 N–H and O–H groups in total. The smallest absolute Gasteiger partial charge is 0.124 e. The molecule has 2 nitrogen and oxygen atoms in total. The molecule has 128 valence electrons. The van der Waals surface area contributed by atoms with Crippen LogP contribution in [-0.4, -0.2) is 11.3 Å². The summed E-state index contributed by atoms with van der Waals surface area (Å²) in [6.45, 7) is 7.96. The summed E-state index contributed by atoms with van der Waals surface area (Å²) < 4.78 is 0. The van der Waals surface area contributed by atoms with Crippen molar-refractivity contribution in [1.82, 2.24) is 4.98 Å². The average Bonchev–Trinajstić information content (AvgIpc) is 3.28. The van der Waals surface area contributed by atoms with Gasteiger partial charge in [-0.15, -0.1) is 22.7 Å². The molecule has 0 aliphatic carbocycles. The van der Waals surface area contributed by atoms with Crippen molar-refractivity contribution in [2.24, 2.45) is 5.92 Å². The van der Waals surface area contributed by atoms with E-state index in [-0.39, 0.29) is 11.8 Å². The molecule has 0 saturated carbocycles. The molecule has 0 spiro atoms. The van der Waals surface area contributed by atoms with Crippen molar-refractivity contribution < 1.29 is 4.79 Å². The number of aldehydes is 1. The molecular weight excluding hydrogens is 346 g/mol. The fourth-order valence-electron chi connectivity index (χ4n) is 2.89. The zero-order valence-corrected chi connectivity index (χ0v) is 16.1. The van der Waals surface area contributed by atoms with Gasteiger partial charge in [-0.3, -0.25) is 0 Å². The van der Waals surface area contributed by atoms with E-state index in [1.54, 1.807) is 22.7 Å². The number of carbonyl (C=O) groups is 1. The quantitative estimate of drug-likeness (QED) is 0.481. The van der Waals surface area contributed by atoms with E-state index < -0.39 is 0 Å². The molecule has 0 amide bonds. The fraction of sp³-hybridized carbons (Fsp3) is 0.238. The number of aromatic nitrogens is 1. The second kappa shape index (κ2) is 7.89. The number of nitrogens with zero attached hydrogens (tertiary/aromatic N) is 1. The molecule has 0 aliphatic rings. The van der Waals surface area contributed by atoms with Crippen LogP contribution in [0.15, 0.2) is 47.7 Å². The Bertz CT molecular complexity index is 877. The summed E-state index contributed by atoms with van der Waals surface area (Å²) in [7, 11) is 0. The minimum Gasteiger partial charge on any atom is -0.303 e. The molecule has 0 saturated heterocycles. The Balaban J connectivity index is 1.79. The van der Waals surface area contributed by atoms with Gasteiger partial charge in [0.1, 0.15) is 6.29 Å². The van der Waals surface area contributed by atoms with Gasteiger partial charge in [-0.25, -0.2) is 4.98 Å². The van der Waals surface area contributed by atoms with E-state index in [0.717, 1.165) is 22.6 Å². The van der Waals surface area contributed by atoms with Crippen LogP contribution in [0.5, 0.6) is 0 Å². The van der Waals surface area contributed by atoms with Gasteiger partial charge in [-0.2, -0.15) is 0 Å². The number of carbonyl (C=O) groups excluding carboxylic acids is 1. The van der Waals surface area contributed by atoms with Crippen LogP contribution in [0, 0.1) is 12.8 Å². The Morgan fingerprint density at radius 1 is 1.20 bits per heavy atom. The van der Waals surface area contributed by atoms with Gasteiger partial charge < -0.3 is 4.79 Å². The van der Waals surface area contributed by atoms with E-state index in [1.165, 1.54) is 16.0 Å². The summed E-state index contributed by atoms with van der Waals surface area (Å²) in [5.74, 6) is 0.133. The van der Waals surface area contributed by atoms with E-state index in [4.69, 9.17) is 0 Å². The van der Waals surface area contributed by atoms with Crippen molar-refractivity contribution in [1.29, 1.82) is 0 Å². The maximum Gasteiger partial charge on any atom is 0.124 e. The third kappa shape index (κ3) is 4.14. The standard InChI is InChI=1S/C21H21NOS2/c1-4-16-6-5-7-17(8-16)19-10-21(25-12-19)14(2)18(11-23)9-20-13-24-15(3)22-20/h4-8,10-14,18H,1,9H2,2-3H3. The third-order valence-corrected chi connectivity index (χ3v) is 6.41. The third-order valence-electron chi connectivity index (χ3n) is 4.45. The number of thiazole rings is 1. The predicted molar refractivity (Wildman–Crippen MR) is 108 cm³/mol. The SMILES string of the molecule is C=Cc1cccc(-c2csc(C(C)C(C=O)Cc3csc(C)n3)c2)c1. The van der Waals surface area contributed by atoms with Crippen molar-refractivity contribution in [3.8, 4) is 11.1 Å².